The molecule has 0 saturated heterocycles. The Hall–Kier alpha value is -1.07. The largest absolute Gasteiger partial charge is 0.348 e. The zero-order chi connectivity index (χ0) is 12.7. The summed E-state index contributed by atoms with van der Waals surface area (Å²) < 4.78 is 4.23. The van der Waals surface area contributed by atoms with Gasteiger partial charge in [-0.25, -0.2) is 0 Å². The van der Waals surface area contributed by atoms with Crippen LogP contribution < -0.4 is 5.32 Å². The second-order valence-electron chi connectivity index (χ2n) is 4.48. The SMILES string of the molecule is C=CCn1c(C(=O)NC2CC2)cc2sc(Br)cc21. The predicted molar refractivity (Wildman–Crippen MR) is 78.2 cm³/mol. The second-order valence-corrected chi connectivity index (χ2v) is 6.94. The molecule has 5 heteroatoms. The summed E-state index contributed by atoms with van der Waals surface area (Å²) in [5, 5.41) is 3.03. The first-order valence-electron chi connectivity index (χ1n) is 5.89. The van der Waals surface area contributed by atoms with Gasteiger partial charge in [0.1, 0.15) is 5.69 Å². The first-order chi connectivity index (χ1) is 8.69. The number of aromatic nitrogens is 1. The molecule has 1 aliphatic rings. The van der Waals surface area contributed by atoms with Crippen LogP contribution in [0.2, 0.25) is 0 Å². The van der Waals surface area contributed by atoms with Crippen LogP contribution >= 0.6 is 27.3 Å². The van der Waals surface area contributed by atoms with Crippen molar-refractivity contribution in [3.8, 4) is 0 Å². The molecular weight excluding hydrogens is 312 g/mol. The molecule has 2 heterocycles. The molecule has 0 spiro atoms. The smallest absolute Gasteiger partial charge is 0.268 e. The molecule has 1 saturated carbocycles. The van der Waals surface area contributed by atoms with Crippen LogP contribution in [0.3, 0.4) is 0 Å². The highest BCUT2D eigenvalue weighted by Crippen LogP contribution is 2.32. The lowest BCUT2D eigenvalue weighted by Gasteiger charge is -2.07. The topological polar surface area (TPSA) is 34.0 Å². The first-order valence-corrected chi connectivity index (χ1v) is 7.50. The molecule has 0 atom stereocenters. The Morgan fingerprint density at radius 2 is 2.39 bits per heavy atom. The van der Waals surface area contributed by atoms with Gasteiger partial charge < -0.3 is 9.88 Å². The van der Waals surface area contributed by atoms with E-state index in [1.165, 1.54) is 0 Å². The molecule has 1 fully saturated rings. The Balaban J connectivity index is 2.02. The van der Waals surface area contributed by atoms with Crippen LogP contribution in [-0.2, 0) is 6.54 Å². The van der Waals surface area contributed by atoms with Crippen LogP contribution in [0.15, 0.2) is 28.6 Å². The van der Waals surface area contributed by atoms with Crippen LogP contribution in [0.5, 0.6) is 0 Å². The van der Waals surface area contributed by atoms with E-state index in [0.717, 1.165) is 32.5 Å². The summed E-state index contributed by atoms with van der Waals surface area (Å²) in [4.78, 5) is 12.2. The molecule has 94 valence electrons. The summed E-state index contributed by atoms with van der Waals surface area (Å²) in [6.07, 6.45) is 4.03. The van der Waals surface area contributed by atoms with Crippen LogP contribution in [0.25, 0.3) is 10.2 Å². The quantitative estimate of drug-likeness (QED) is 0.857. The van der Waals surface area contributed by atoms with E-state index in [2.05, 4.69) is 33.9 Å². The minimum atomic E-state index is 0.0267. The van der Waals surface area contributed by atoms with Crippen molar-refractivity contribution in [3.05, 3.63) is 34.3 Å². The van der Waals surface area contributed by atoms with Crippen molar-refractivity contribution in [2.24, 2.45) is 0 Å². The third-order valence-corrected chi connectivity index (χ3v) is 4.59. The van der Waals surface area contributed by atoms with Gasteiger partial charge in [0.2, 0.25) is 0 Å². The van der Waals surface area contributed by atoms with Gasteiger partial charge in [-0.1, -0.05) is 6.08 Å². The number of nitrogens with zero attached hydrogens (tertiary/aromatic N) is 1. The zero-order valence-corrected chi connectivity index (χ0v) is 12.2. The average Bonchev–Trinajstić information content (AvgIpc) is 2.97. The van der Waals surface area contributed by atoms with Crippen LogP contribution in [0.1, 0.15) is 23.3 Å². The molecule has 2 aromatic rings. The number of thiophene rings is 1. The molecule has 1 N–H and O–H groups in total. The Bertz CT molecular complexity index is 624. The highest BCUT2D eigenvalue weighted by molar-refractivity contribution is 9.11. The summed E-state index contributed by atoms with van der Waals surface area (Å²) >= 11 is 5.13. The number of rotatable bonds is 4. The van der Waals surface area contributed by atoms with Gasteiger partial charge in [0.05, 0.1) is 14.0 Å². The fraction of sp³-hybridized carbons (Fsp3) is 0.308. The molecule has 0 aromatic carbocycles. The van der Waals surface area contributed by atoms with Gasteiger partial charge in [0.15, 0.2) is 0 Å². The number of carbonyl (C=O) groups excluding carboxylic acids is 1. The monoisotopic (exact) mass is 324 g/mol. The van der Waals surface area contributed by atoms with E-state index in [1.807, 2.05) is 16.7 Å². The summed E-state index contributed by atoms with van der Waals surface area (Å²) in [5.74, 6) is 0.0267. The number of fused-ring (bicyclic) bond motifs is 1. The van der Waals surface area contributed by atoms with Gasteiger partial charge >= 0.3 is 0 Å². The van der Waals surface area contributed by atoms with Crippen molar-refractivity contribution in [3.63, 3.8) is 0 Å². The Morgan fingerprint density at radius 1 is 1.61 bits per heavy atom. The Morgan fingerprint density at radius 3 is 3.06 bits per heavy atom. The number of nitrogens with one attached hydrogen (secondary N) is 1. The fourth-order valence-corrected chi connectivity index (χ4v) is 3.58. The van der Waals surface area contributed by atoms with Gasteiger partial charge in [0, 0.05) is 12.6 Å². The summed E-state index contributed by atoms with van der Waals surface area (Å²) in [7, 11) is 0. The molecule has 0 unspecified atom stereocenters. The van der Waals surface area contributed by atoms with Crippen molar-refractivity contribution in [2.75, 3.05) is 0 Å². The van der Waals surface area contributed by atoms with Crippen molar-refractivity contribution in [2.45, 2.75) is 25.4 Å². The van der Waals surface area contributed by atoms with Gasteiger partial charge in [0.25, 0.3) is 5.91 Å². The molecule has 1 aliphatic carbocycles. The van der Waals surface area contributed by atoms with Crippen LogP contribution in [-0.4, -0.2) is 16.5 Å². The maximum Gasteiger partial charge on any atom is 0.268 e. The molecule has 1 amide bonds. The summed E-state index contributed by atoms with van der Waals surface area (Å²) in [6, 6.07) is 4.40. The third kappa shape index (κ3) is 2.12. The zero-order valence-electron chi connectivity index (χ0n) is 9.78. The third-order valence-electron chi connectivity index (χ3n) is 3.02. The standard InChI is InChI=1S/C13H13BrN2OS/c1-2-5-16-9-7-12(14)18-11(9)6-10(16)13(17)15-8-3-4-8/h2,6-8H,1,3-5H2,(H,15,17). The normalized spacial score (nSPS) is 14.9. The van der Waals surface area contributed by atoms with Gasteiger partial charge in [-0.2, -0.15) is 0 Å². The molecule has 2 aromatic heterocycles. The second kappa shape index (κ2) is 4.55. The lowest BCUT2D eigenvalue weighted by atomic mass is 10.4. The van der Waals surface area contributed by atoms with Crippen LogP contribution in [0.4, 0.5) is 0 Å². The molecule has 3 rings (SSSR count). The number of hydrogen-bond donors (Lipinski definition) is 1. The van der Waals surface area contributed by atoms with E-state index in [1.54, 1.807) is 11.3 Å². The van der Waals surface area contributed by atoms with Crippen molar-refractivity contribution in [1.82, 2.24) is 9.88 Å². The van der Waals surface area contributed by atoms with E-state index in [0.29, 0.717) is 12.6 Å². The van der Waals surface area contributed by atoms with E-state index in [-0.39, 0.29) is 5.91 Å². The highest BCUT2D eigenvalue weighted by atomic mass is 79.9. The fourth-order valence-electron chi connectivity index (χ4n) is 2.01. The number of carbonyl (C=O) groups is 1. The number of halogens is 1. The number of amides is 1. The van der Waals surface area contributed by atoms with E-state index < -0.39 is 0 Å². The van der Waals surface area contributed by atoms with Gasteiger partial charge in [-0.3, -0.25) is 4.79 Å². The Kier molecular flexibility index (Phi) is 3.03. The minimum absolute atomic E-state index is 0.0267. The van der Waals surface area contributed by atoms with E-state index in [4.69, 9.17) is 0 Å². The van der Waals surface area contributed by atoms with E-state index >= 15 is 0 Å². The molecule has 0 bridgehead atoms. The lowest BCUT2D eigenvalue weighted by molar-refractivity contribution is 0.0943. The Labute approximate surface area is 118 Å². The summed E-state index contributed by atoms with van der Waals surface area (Å²) in [5.41, 5.74) is 1.82. The molecule has 3 nitrogen and oxygen atoms in total. The maximum atomic E-state index is 12.2. The first kappa shape index (κ1) is 12.0. The molecular formula is C13H13BrN2OS. The average molecular weight is 325 g/mol. The number of hydrogen-bond acceptors (Lipinski definition) is 2. The predicted octanol–water partition coefficient (Wildman–Crippen LogP) is 3.54. The molecule has 0 aliphatic heterocycles. The van der Waals surface area contributed by atoms with Crippen LogP contribution in [0, 0.1) is 0 Å². The highest BCUT2D eigenvalue weighted by Gasteiger charge is 2.26. The van der Waals surface area contributed by atoms with Crippen molar-refractivity contribution >= 4 is 43.4 Å². The molecule has 0 radical (unpaired) electrons. The van der Waals surface area contributed by atoms with Gasteiger partial charge in [-0.05, 0) is 40.9 Å². The lowest BCUT2D eigenvalue weighted by Crippen LogP contribution is -2.27. The molecule has 18 heavy (non-hydrogen) atoms. The van der Waals surface area contributed by atoms with Crippen molar-refractivity contribution < 1.29 is 4.79 Å². The van der Waals surface area contributed by atoms with Gasteiger partial charge in [-0.15, -0.1) is 17.9 Å². The van der Waals surface area contributed by atoms with E-state index in [9.17, 15) is 4.79 Å². The summed E-state index contributed by atoms with van der Waals surface area (Å²) in [6.45, 7) is 4.41. The maximum absolute atomic E-state index is 12.2. The minimum Gasteiger partial charge on any atom is -0.348 e. The van der Waals surface area contributed by atoms with Crippen molar-refractivity contribution in [1.29, 1.82) is 0 Å². The number of allylic oxidation sites excluding steroid dienone is 1.